The number of allylic oxidation sites excluding steroid dienone is 2. The van der Waals surface area contributed by atoms with Crippen molar-refractivity contribution >= 4 is 0 Å². The zero-order chi connectivity index (χ0) is 17.5. The molecule has 5 heteroatoms. The average Bonchev–Trinajstić information content (AvgIpc) is 2.55. The van der Waals surface area contributed by atoms with Gasteiger partial charge in [0.2, 0.25) is 0 Å². The molecule has 0 N–H and O–H groups in total. The lowest BCUT2D eigenvalue weighted by Crippen LogP contribution is -2.14. The second-order valence-corrected chi connectivity index (χ2v) is 6.41. The van der Waals surface area contributed by atoms with Crippen LogP contribution in [0.5, 0.6) is 5.75 Å². The molecule has 0 spiro atoms. The lowest BCUT2D eigenvalue weighted by molar-refractivity contribution is -0.0546. The number of hydrogen-bond acceptors (Lipinski definition) is 1. The molecule has 134 valence electrons. The second kappa shape index (κ2) is 9.09. The van der Waals surface area contributed by atoms with Gasteiger partial charge in [-0.05, 0) is 75.0 Å². The van der Waals surface area contributed by atoms with Gasteiger partial charge in [0.15, 0.2) is 17.4 Å². The van der Waals surface area contributed by atoms with Crippen molar-refractivity contribution in [2.75, 3.05) is 0 Å². The predicted molar refractivity (Wildman–Crippen MR) is 86.4 cm³/mol. The van der Waals surface area contributed by atoms with E-state index in [4.69, 9.17) is 0 Å². The third-order valence-corrected chi connectivity index (χ3v) is 4.76. The van der Waals surface area contributed by atoms with E-state index in [-0.39, 0.29) is 5.92 Å². The van der Waals surface area contributed by atoms with Crippen molar-refractivity contribution in [3.05, 3.63) is 41.5 Å². The Morgan fingerprint density at radius 2 is 1.75 bits per heavy atom. The lowest BCUT2D eigenvalue weighted by Gasteiger charge is -2.29. The highest BCUT2D eigenvalue weighted by atomic mass is 19.3. The monoisotopic (exact) mass is 344 g/mol. The van der Waals surface area contributed by atoms with E-state index in [2.05, 4.69) is 16.9 Å². The van der Waals surface area contributed by atoms with E-state index < -0.39 is 24.0 Å². The molecule has 24 heavy (non-hydrogen) atoms. The SMILES string of the molecule is C/C=C/CCC[C@H]1CC[C@H](c2cc(F)c(OC(F)F)c(F)c2)CC1. The molecule has 2 rings (SSSR count). The Balaban J connectivity index is 1.92. The third-order valence-electron chi connectivity index (χ3n) is 4.76. The van der Waals surface area contributed by atoms with Gasteiger partial charge in [-0.2, -0.15) is 8.78 Å². The zero-order valence-electron chi connectivity index (χ0n) is 13.9. The molecule has 0 amide bonds. The van der Waals surface area contributed by atoms with Crippen molar-refractivity contribution in [2.45, 2.75) is 64.4 Å². The summed E-state index contributed by atoms with van der Waals surface area (Å²) in [5.74, 6) is -2.35. The first-order chi connectivity index (χ1) is 11.5. The standard InChI is InChI=1S/C19H24F4O/c1-2-3-4-5-6-13-7-9-14(10-8-13)15-11-16(20)18(17(21)12-15)24-19(22)23/h2-3,11-14,19H,4-10H2,1H3/b3-2+/t13-,14-. The first-order valence-electron chi connectivity index (χ1n) is 8.56. The van der Waals surface area contributed by atoms with Gasteiger partial charge in [0.05, 0.1) is 0 Å². The molecule has 1 aliphatic carbocycles. The first-order valence-corrected chi connectivity index (χ1v) is 8.56. The summed E-state index contributed by atoms with van der Waals surface area (Å²) in [5, 5.41) is 0. The Morgan fingerprint density at radius 1 is 1.12 bits per heavy atom. The van der Waals surface area contributed by atoms with Crippen molar-refractivity contribution < 1.29 is 22.3 Å². The van der Waals surface area contributed by atoms with Gasteiger partial charge < -0.3 is 4.74 Å². The number of halogens is 4. The summed E-state index contributed by atoms with van der Waals surface area (Å²) in [6, 6.07) is 2.27. The number of rotatable bonds is 7. The molecule has 0 radical (unpaired) electrons. The van der Waals surface area contributed by atoms with E-state index >= 15 is 0 Å². The van der Waals surface area contributed by atoms with Gasteiger partial charge in [-0.15, -0.1) is 0 Å². The van der Waals surface area contributed by atoms with Gasteiger partial charge in [-0.3, -0.25) is 0 Å². The Morgan fingerprint density at radius 3 is 2.29 bits per heavy atom. The van der Waals surface area contributed by atoms with Crippen LogP contribution in [0.3, 0.4) is 0 Å². The number of hydrogen-bond donors (Lipinski definition) is 0. The van der Waals surface area contributed by atoms with E-state index in [9.17, 15) is 17.6 Å². The summed E-state index contributed by atoms with van der Waals surface area (Å²) in [7, 11) is 0. The maximum Gasteiger partial charge on any atom is 0.387 e. The first kappa shape index (κ1) is 18.8. The summed E-state index contributed by atoms with van der Waals surface area (Å²) in [4.78, 5) is 0. The summed E-state index contributed by atoms with van der Waals surface area (Å²) < 4.78 is 55.9. The maximum atomic E-state index is 13.8. The van der Waals surface area contributed by atoms with Gasteiger partial charge in [0, 0.05) is 0 Å². The van der Waals surface area contributed by atoms with Gasteiger partial charge in [-0.1, -0.05) is 18.6 Å². The van der Waals surface area contributed by atoms with Crippen molar-refractivity contribution in [1.29, 1.82) is 0 Å². The molecular formula is C19H24F4O. The Bertz CT molecular complexity index is 525. The highest BCUT2D eigenvalue weighted by molar-refractivity contribution is 5.33. The van der Waals surface area contributed by atoms with Gasteiger partial charge in [0.1, 0.15) is 0 Å². The molecule has 1 saturated carbocycles. The third kappa shape index (κ3) is 5.25. The van der Waals surface area contributed by atoms with E-state index in [1.807, 2.05) is 6.92 Å². The van der Waals surface area contributed by atoms with Gasteiger partial charge in [0.25, 0.3) is 0 Å². The summed E-state index contributed by atoms with van der Waals surface area (Å²) >= 11 is 0. The Kier molecular flexibility index (Phi) is 7.13. The average molecular weight is 344 g/mol. The molecule has 0 saturated heterocycles. The number of alkyl halides is 2. The van der Waals surface area contributed by atoms with Crippen LogP contribution in [0.4, 0.5) is 17.6 Å². The van der Waals surface area contributed by atoms with Crippen LogP contribution in [-0.2, 0) is 0 Å². The van der Waals surface area contributed by atoms with Gasteiger partial charge >= 0.3 is 6.61 Å². The largest absolute Gasteiger partial charge is 0.429 e. The molecule has 0 aromatic heterocycles. The predicted octanol–water partition coefficient (Wildman–Crippen LogP) is 6.59. The number of benzene rings is 1. The molecule has 0 unspecified atom stereocenters. The lowest BCUT2D eigenvalue weighted by atomic mass is 9.77. The van der Waals surface area contributed by atoms with E-state index in [1.54, 1.807) is 0 Å². The number of ether oxygens (including phenoxy) is 1. The van der Waals surface area contributed by atoms with E-state index in [0.29, 0.717) is 11.5 Å². The fraction of sp³-hybridized carbons (Fsp3) is 0.579. The van der Waals surface area contributed by atoms with Crippen molar-refractivity contribution in [3.8, 4) is 5.75 Å². The quantitative estimate of drug-likeness (QED) is 0.308. The van der Waals surface area contributed by atoms with Crippen LogP contribution < -0.4 is 4.74 Å². The molecular weight excluding hydrogens is 320 g/mol. The molecule has 0 heterocycles. The van der Waals surface area contributed by atoms with Crippen LogP contribution in [0.2, 0.25) is 0 Å². The van der Waals surface area contributed by atoms with Crippen LogP contribution >= 0.6 is 0 Å². The van der Waals surface area contributed by atoms with Crippen LogP contribution in [0, 0.1) is 17.6 Å². The molecule has 0 atom stereocenters. The summed E-state index contributed by atoms with van der Waals surface area (Å²) in [5.41, 5.74) is 0.541. The highest BCUT2D eigenvalue weighted by Crippen LogP contribution is 2.39. The minimum atomic E-state index is -3.24. The molecule has 1 aliphatic rings. The molecule has 1 nitrogen and oxygen atoms in total. The Labute approximate surface area is 140 Å². The summed E-state index contributed by atoms with van der Waals surface area (Å²) in [6.07, 6.45) is 11.5. The Hall–Kier alpha value is -1.52. The van der Waals surface area contributed by atoms with Crippen molar-refractivity contribution in [3.63, 3.8) is 0 Å². The highest BCUT2D eigenvalue weighted by Gasteiger charge is 2.25. The number of unbranched alkanes of at least 4 members (excludes halogenated alkanes) is 1. The van der Waals surface area contributed by atoms with E-state index in [1.165, 1.54) is 12.8 Å². The zero-order valence-corrected chi connectivity index (χ0v) is 13.9. The minimum absolute atomic E-state index is 0.0846. The fourth-order valence-corrected chi connectivity index (χ4v) is 3.49. The molecule has 1 fully saturated rings. The second-order valence-electron chi connectivity index (χ2n) is 6.41. The van der Waals surface area contributed by atoms with Crippen LogP contribution in [0.25, 0.3) is 0 Å². The smallest absolute Gasteiger partial charge is 0.387 e. The van der Waals surface area contributed by atoms with Gasteiger partial charge in [-0.25, -0.2) is 8.78 Å². The topological polar surface area (TPSA) is 9.23 Å². The van der Waals surface area contributed by atoms with E-state index in [0.717, 1.165) is 44.2 Å². The van der Waals surface area contributed by atoms with Crippen LogP contribution in [0.1, 0.15) is 63.4 Å². The normalized spacial score (nSPS) is 21.6. The summed E-state index contributed by atoms with van der Waals surface area (Å²) in [6.45, 7) is -1.22. The molecule has 1 aromatic rings. The van der Waals surface area contributed by atoms with Crippen molar-refractivity contribution in [1.82, 2.24) is 0 Å². The van der Waals surface area contributed by atoms with Crippen molar-refractivity contribution in [2.24, 2.45) is 5.92 Å². The maximum absolute atomic E-state index is 13.8. The molecule has 1 aromatic carbocycles. The van der Waals surface area contributed by atoms with Crippen LogP contribution in [-0.4, -0.2) is 6.61 Å². The molecule has 0 aliphatic heterocycles. The fourth-order valence-electron chi connectivity index (χ4n) is 3.49. The minimum Gasteiger partial charge on any atom is -0.429 e. The molecule has 0 bridgehead atoms. The van der Waals surface area contributed by atoms with Crippen LogP contribution in [0.15, 0.2) is 24.3 Å².